The summed E-state index contributed by atoms with van der Waals surface area (Å²) >= 11 is 0. The second-order valence-corrected chi connectivity index (χ2v) is 6.02. The maximum absolute atomic E-state index is 3.27. The zero-order chi connectivity index (χ0) is 16.2. The molecule has 2 nitrogen and oxygen atoms in total. The molecular weight excluding hydrogens is 292 g/mol. The molecule has 2 heteroatoms. The summed E-state index contributed by atoms with van der Waals surface area (Å²) in [5, 5.41) is 0. The van der Waals surface area contributed by atoms with E-state index in [9.17, 15) is 0 Å². The third-order valence-electron chi connectivity index (χ3n) is 4.50. The van der Waals surface area contributed by atoms with E-state index in [-0.39, 0.29) is 0 Å². The highest BCUT2D eigenvalue weighted by molar-refractivity contribution is 5.68. The molecule has 0 radical (unpaired) electrons. The van der Waals surface area contributed by atoms with Crippen LogP contribution in [0.1, 0.15) is 11.1 Å². The van der Waals surface area contributed by atoms with Gasteiger partial charge in [-0.2, -0.15) is 0 Å². The molecule has 0 saturated carbocycles. The van der Waals surface area contributed by atoms with Gasteiger partial charge in [0.05, 0.1) is 0 Å². The number of hydrogen-bond donors (Lipinski definition) is 2. The van der Waals surface area contributed by atoms with E-state index in [0.29, 0.717) is 0 Å². The van der Waals surface area contributed by atoms with Crippen LogP contribution < -0.4 is 0 Å². The van der Waals surface area contributed by atoms with Crippen LogP contribution in [0.2, 0.25) is 0 Å². The molecule has 4 rings (SSSR count). The highest BCUT2D eigenvalue weighted by Crippen LogP contribution is 2.27. The third kappa shape index (κ3) is 2.91. The maximum Gasteiger partial charge on any atom is 0.00870 e. The zero-order valence-electron chi connectivity index (χ0n) is 13.5. The lowest BCUT2D eigenvalue weighted by Crippen LogP contribution is -1.92. The lowest BCUT2D eigenvalue weighted by molar-refractivity contribution is 0.967. The molecule has 0 saturated heterocycles. The van der Waals surface area contributed by atoms with Crippen LogP contribution in [0, 0.1) is 0 Å². The van der Waals surface area contributed by atoms with Crippen molar-refractivity contribution < 1.29 is 0 Å². The van der Waals surface area contributed by atoms with E-state index in [0.717, 1.165) is 12.8 Å². The standard InChI is InChI=1S/C22H20N2/c1-3-7-17(8-4-1)21-15-23-13-19(21)11-12-20-14-24-16-22(20)18-9-5-2-6-10-18/h1-10,13-16,23-24H,11-12H2. The fraction of sp³-hybridized carbons (Fsp3) is 0.0909. The predicted molar refractivity (Wildman–Crippen MR) is 99.9 cm³/mol. The van der Waals surface area contributed by atoms with Gasteiger partial charge in [-0.05, 0) is 35.1 Å². The van der Waals surface area contributed by atoms with Gasteiger partial charge in [-0.1, -0.05) is 60.7 Å². The number of H-pyrrole nitrogens is 2. The summed E-state index contributed by atoms with van der Waals surface area (Å²) in [5.41, 5.74) is 7.86. The van der Waals surface area contributed by atoms with Gasteiger partial charge in [-0.3, -0.25) is 0 Å². The van der Waals surface area contributed by atoms with Gasteiger partial charge in [-0.25, -0.2) is 0 Å². The van der Waals surface area contributed by atoms with Crippen molar-refractivity contribution in [3.8, 4) is 22.3 Å². The average Bonchev–Trinajstić information content (AvgIpc) is 3.30. The van der Waals surface area contributed by atoms with Crippen molar-refractivity contribution in [3.05, 3.63) is 96.6 Å². The first kappa shape index (κ1) is 14.6. The Hall–Kier alpha value is -3.00. The first-order valence-electron chi connectivity index (χ1n) is 8.34. The molecule has 0 aliphatic heterocycles. The van der Waals surface area contributed by atoms with Crippen LogP contribution >= 0.6 is 0 Å². The van der Waals surface area contributed by atoms with Crippen LogP contribution in [-0.2, 0) is 12.8 Å². The Balaban J connectivity index is 1.56. The van der Waals surface area contributed by atoms with Crippen LogP contribution in [-0.4, -0.2) is 9.97 Å². The first-order valence-corrected chi connectivity index (χ1v) is 8.34. The summed E-state index contributed by atoms with van der Waals surface area (Å²) < 4.78 is 0. The number of aromatic amines is 2. The minimum Gasteiger partial charge on any atom is -0.367 e. The Bertz CT molecular complexity index is 824. The van der Waals surface area contributed by atoms with Gasteiger partial charge >= 0.3 is 0 Å². The van der Waals surface area contributed by atoms with Crippen molar-refractivity contribution in [2.45, 2.75) is 12.8 Å². The largest absolute Gasteiger partial charge is 0.367 e. The second kappa shape index (κ2) is 6.63. The van der Waals surface area contributed by atoms with Crippen LogP contribution in [0.15, 0.2) is 85.5 Å². The van der Waals surface area contributed by atoms with Crippen molar-refractivity contribution in [1.29, 1.82) is 0 Å². The Kier molecular flexibility index (Phi) is 4.03. The van der Waals surface area contributed by atoms with Gasteiger partial charge in [0, 0.05) is 35.9 Å². The molecule has 0 spiro atoms. The van der Waals surface area contributed by atoms with Crippen LogP contribution in [0.5, 0.6) is 0 Å². The highest BCUT2D eigenvalue weighted by Gasteiger charge is 2.09. The van der Waals surface area contributed by atoms with Crippen molar-refractivity contribution in [3.63, 3.8) is 0 Å². The Morgan fingerprint density at radius 3 is 1.33 bits per heavy atom. The molecule has 0 fully saturated rings. The Labute approximate surface area is 142 Å². The fourth-order valence-corrected chi connectivity index (χ4v) is 3.25. The molecule has 0 bridgehead atoms. The molecule has 2 aromatic heterocycles. The van der Waals surface area contributed by atoms with Crippen molar-refractivity contribution >= 4 is 0 Å². The quantitative estimate of drug-likeness (QED) is 0.490. The molecule has 2 aromatic carbocycles. The van der Waals surface area contributed by atoms with Crippen LogP contribution in [0.3, 0.4) is 0 Å². The zero-order valence-corrected chi connectivity index (χ0v) is 13.5. The van der Waals surface area contributed by atoms with Crippen LogP contribution in [0.4, 0.5) is 0 Å². The van der Waals surface area contributed by atoms with Crippen molar-refractivity contribution in [2.24, 2.45) is 0 Å². The summed E-state index contributed by atoms with van der Waals surface area (Å²) in [6.07, 6.45) is 10.5. The number of benzene rings is 2. The van der Waals surface area contributed by atoms with E-state index < -0.39 is 0 Å². The monoisotopic (exact) mass is 312 g/mol. The highest BCUT2D eigenvalue weighted by atomic mass is 14.6. The van der Waals surface area contributed by atoms with E-state index in [4.69, 9.17) is 0 Å². The van der Waals surface area contributed by atoms with E-state index >= 15 is 0 Å². The van der Waals surface area contributed by atoms with Gasteiger partial charge in [0.25, 0.3) is 0 Å². The van der Waals surface area contributed by atoms with Crippen molar-refractivity contribution in [2.75, 3.05) is 0 Å². The molecule has 0 aliphatic rings. The summed E-state index contributed by atoms with van der Waals surface area (Å²) in [4.78, 5) is 6.53. The third-order valence-corrected chi connectivity index (χ3v) is 4.50. The summed E-state index contributed by atoms with van der Waals surface area (Å²) in [6, 6.07) is 21.1. The van der Waals surface area contributed by atoms with Crippen LogP contribution in [0.25, 0.3) is 22.3 Å². The summed E-state index contributed by atoms with van der Waals surface area (Å²) in [5.74, 6) is 0. The number of aryl methyl sites for hydroxylation is 2. The normalized spacial score (nSPS) is 10.8. The van der Waals surface area contributed by atoms with E-state index in [1.807, 2.05) is 0 Å². The number of rotatable bonds is 5. The average molecular weight is 312 g/mol. The van der Waals surface area contributed by atoms with E-state index in [2.05, 4.69) is 95.4 Å². The summed E-state index contributed by atoms with van der Waals surface area (Å²) in [6.45, 7) is 0. The van der Waals surface area contributed by atoms with Crippen molar-refractivity contribution in [1.82, 2.24) is 9.97 Å². The smallest absolute Gasteiger partial charge is 0.00870 e. The molecular formula is C22H20N2. The summed E-state index contributed by atoms with van der Waals surface area (Å²) in [7, 11) is 0. The number of aromatic nitrogens is 2. The molecule has 0 unspecified atom stereocenters. The van der Waals surface area contributed by atoms with E-state index in [1.165, 1.54) is 33.4 Å². The second-order valence-electron chi connectivity index (χ2n) is 6.02. The Morgan fingerprint density at radius 2 is 0.917 bits per heavy atom. The molecule has 24 heavy (non-hydrogen) atoms. The molecule has 2 heterocycles. The lowest BCUT2D eigenvalue weighted by Gasteiger charge is -2.06. The molecule has 4 aromatic rings. The lowest BCUT2D eigenvalue weighted by atomic mass is 9.97. The minimum atomic E-state index is 1.02. The predicted octanol–water partition coefficient (Wildman–Crippen LogP) is 5.46. The van der Waals surface area contributed by atoms with Gasteiger partial charge in [0.15, 0.2) is 0 Å². The SMILES string of the molecule is c1ccc(-c2c[nH]cc2CCc2c[nH]cc2-c2ccccc2)cc1. The van der Waals surface area contributed by atoms with E-state index in [1.54, 1.807) is 0 Å². The number of hydrogen-bond acceptors (Lipinski definition) is 0. The Morgan fingerprint density at radius 1 is 0.500 bits per heavy atom. The molecule has 0 atom stereocenters. The molecule has 2 N–H and O–H groups in total. The molecule has 0 amide bonds. The first-order chi connectivity index (χ1) is 11.9. The topological polar surface area (TPSA) is 31.6 Å². The fourth-order valence-electron chi connectivity index (χ4n) is 3.25. The molecule has 118 valence electrons. The van der Waals surface area contributed by atoms with Gasteiger partial charge in [0.1, 0.15) is 0 Å². The molecule has 0 aliphatic carbocycles. The van der Waals surface area contributed by atoms with Gasteiger partial charge < -0.3 is 9.97 Å². The maximum atomic E-state index is 3.27. The minimum absolute atomic E-state index is 1.02. The van der Waals surface area contributed by atoms with Gasteiger partial charge in [-0.15, -0.1) is 0 Å². The van der Waals surface area contributed by atoms with Gasteiger partial charge in [0.2, 0.25) is 0 Å². The number of nitrogens with one attached hydrogen (secondary N) is 2.